The Hall–Kier alpha value is -1.10. The normalized spacial score (nSPS) is 17.8. The molecule has 0 unspecified atom stereocenters. The number of carbonyl (C=O) groups is 2. The third kappa shape index (κ3) is 3.93. The Labute approximate surface area is 116 Å². The van der Waals surface area contributed by atoms with Crippen LogP contribution in [0.15, 0.2) is 0 Å². The van der Waals surface area contributed by atoms with Crippen LogP contribution in [-0.4, -0.2) is 49.4 Å². The first kappa shape index (κ1) is 16.0. The van der Waals surface area contributed by atoms with Gasteiger partial charge in [0, 0.05) is 13.1 Å². The Morgan fingerprint density at radius 3 is 2.21 bits per heavy atom. The van der Waals surface area contributed by atoms with Gasteiger partial charge in [0.25, 0.3) is 0 Å². The largest absolute Gasteiger partial charge is 0.347 e. The van der Waals surface area contributed by atoms with Crippen LogP contribution >= 0.6 is 0 Å². The number of nitrogens with one attached hydrogen (secondary N) is 2. The minimum atomic E-state index is -0.283. The fourth-order valence-corrected chi connectivity index (χ4v) is 2.68. The van der Waals surface area contributed by atoms with Gasteiger partial charge in [0.05, 0.1) is 12.0 Å². The lowest BCUT2D eigenvalue weighted by molar-refractivity contribution is -0.137. The van der Waals surface area contributed by atoms with Crippen LogP contribution in [0.4, 0.5) is 0 Å². The molecule has 0 aromatic heterocycles. The van der Waals surface area contributed by atoms with Gasteiger partial charge in [-0.2, -0.15) is 0 Å². The molecule has 1 rings (SSSR count). The van der Waals surface area contributed by atoms with Crippen molar-refractivity contribution >= 4 is 11.8 Å². The van der Waals surface area contributed by atoms with Crippen LogP contribution in [0.5, 0.6) is 0 Å². The molecular formula is C14H27N3O2. The zero-order chi connectivity index (χ0) is 14.3. The molecule has 0 aromatic rings. The summed E-state index contributed by atoms with van der Waals surface area (Å²) in [6.07, 6.45) is 2.55. The molecule has 1 aliphatic heterocycles. The number of hydrogen-bond donors (Lipinski definition) is 2. The quantitative estimate of drug-likeness (QED) is 0.748. The predicted molar refractivity (Wildman–Crippen MR) is 75.8 cm³/mol. The summed E-state index contributed by atoms with van der Waals surface area (Å²) in [5.41, 5.74) is -0.283. The molecule has 0 radical (unpaired) electrons. The fraction of sp³-hybridized carbons (Fsp3) is 0.857. The van der Waals surface area contributed by atoms with Gasteiger partial charge in [-0.3, -0.25) is 9.59 Å². The van der Waals surface area contributed by atoms with Gasteiger partial charge in [-0.1, -0.05) is 6.92 Å². The fourth-order valence-electron chi connectivity index (χ4n) is 2.68. The molecule has 0 aromatic carbocycles. The third-order valence-electron chi connectivity index (χ3n) is 4.24. The summed E-state index contributed by atoms with van der Waals surface area (Å²) in [5, 5.41) is 6.11. The summed E-state index contributed by atoms with van der Waals surface area (Å²) < 4.78 is 0. The van der Waals surface area contributed by atoms with E-state index in [1.165, 1.54) is 0 Å². The third-order valence-corrected chi connectivity index (χ3v) is 4.24. The number of carbonyl (C=O) groups excluding carboxylic acids is 2. The lowest BCUT2D eigenvalue weighted by atomic mass is 9.76. The summed E-state index contributed by atoms with van der Waals surface area (Å²) in [6.45, 7) is 9.21. The van der Waals surface area contributed by atoms with Crippen molar-refractivity contribution in [2.75, 3.05) is 32.7 Å². The van der Waals surface area contributed by atoms with Crippen LogP contribution in [0.3, 0.4) is 0 Å². The van der Waals surface area contributed by atoms with E-state index in [0.29, 0.717) is 13.1 Å². The van der Waals surface area contributed by atoms with Crippen molar-refractivity contribution in [3.05, 3.63) is 0 Å². The average molecular weight is 269 g/mol. The molecule has 1 saturated heterocycles. The summed E-state index contributed by atoms with van der Waals surface area (Å²) in [7, 11) is 0. The highest BCUT2D eigenvalue weighted by atomic mass is 16.2. The highest BCUT2D eigenvalue weighted by molar-refractivity contribution is 5.88. The maximum atomic E-state index is 12.3. The Morgan fingerprint density at radius 1 is 1.16 bits per heavy atom. The summed E-state index contributed by atoms with van der Waals surface area (Å²) >= 11 is 0. The van der Waals surface area contributed by atoms with Crippen molar-refractivity contribution < 1.29 is 9.59 Å². The van der Waals surface area contributed by atoms with E-state index in [1.807, 2.05) is 13.8 Å². The maximum Gasteiger partial charge on any atom is 0.241 e. The predicted octanol–water partition coefficient (Wildman–Crippen LogP) is 0.751. The molecule has 0 bridgehead atoms. The second kappa shape index (κ2) is 7.48. The van der Waals surface area contributed by atoms with E-state index in [-0.39, 0.29) is 23.8 Å². The second-order valence-corrected chi connectivity index (χ2v) is 5.13. The molecule has 0 atom stereocenters. The van der Waals surface area contributed by atoms with E-state index >= 15 is 0 Å². The number of rotatable bonds is 6. The van der Waals surface area contributed by atoms with Crippen molar-refractivity contribution in [2.45, 2.75) is 40.0 Å². The zero-order valence-corrected chi connectivity index (χ0v) is 12.4. The van der Waals surface area contributed by atoms with Crippen molar-refractivity contribution in [3.8, 4) is 0 Å². The van der Waals surface area contributed by atoms with Gasteiger partial charge < -0.3 is 15.5 Å². The van der Waals surface area contributed by atoms with Gasteiger partial charge >= 0.3 is 0 Å². The van der Waals surface area contributed by atoms with Crippen LogP contribution < -0.4 is 10.6 Å². The standard InChI is InChI=1S/C14H27N3O2/c1-4-14(7-9-15-10-8-14)13(19)16-11-12(18)17(5-2)6-3/h15H,4-11H2,1-3H3,(H,16,19). The smallest absolute Gasteiger partial charge is 0.241 e. The molecule has 0 aliphatic carbocycles. The molecule has 19 heavy (non-hydrogen) atoms. The van der Waals surface area contributed by atoms with Crippen LogP contribution in [0.1, 0.15) is 40.0 Å². The minimum absolute atomic E-state index is 0.00135. The van der Waals surface area contributed by atoms with E-state index in [4.69, 9.17) is 0 Å². The first-order chi connectivity index (χ1) is 9.09. The summed E-state index contributed by atoms with van der Waals surface area (Å²) in [6, 6.07) is 0. The summed E-state index contributed by atoms with van der Waals surface area (Å²) in [4.78, 5) is 26.0. The Bertz CT molecular complexity index is 308. The molecule has 0 spiro atoms. The van der Waals surface area contributed by atoms with E-state index in [9.17, 15) is 9.59 Å². The van der Waals surface area contributed by atoms with E-state index < -0.39 is 0 Å². The molecule has 110 valence electrons. The van der Waals surface area contributed by atoms with E-state index in [1.54, 1.807) is 4.90 Å². The van der Waals surface area contributed by atoms with Gasteiger partial charge in [-0.05, 0) is 46.2 Å². The van der Waals surface area contributed by atoms with Crippen LogP contribution in [0, 0.1) is 5.41 Å². The van der Waals surface area contributed by atoms with Crippen LogP contribution in [0.25, 0.3) is 0 Å². The molecule has 2 amide bonds. The molecule has 2 N–H and O–H groups in total. The lowest BCUT2D eigenvalue weighted by Gasteiger charge is -2.35. The molecule has 1 aliphatic rings. The Morgan fingerprint density at radius 2 is 1.74 bits per heavy atom. The molecular weight excluding hydrogens is 242 g/mol. The molecule has 1 heterocycles. The summed E-state index contributed by atoms with van der Waals surface area (Å²) in [5.74, 6) is 0.0375. The Balaban J connectivity index is 2.51. The molecule has 0 saturated carbocycles. The second-order valence-electron chi connectivity index (χ2n) is 5.13. The van der Waals surface area contributed by atoms with Crippen LogP contribution in [0.2, 0.25) is 0 Å². The van der Waals surface area contributed by atoms with Crippen molar-refractivity contribution in [1.82, 2.24) is 15.5 Å². The number of hydrogen-bond acceptors (Lipinski definition) is 3. The van der Waals surface area contributed by atoms with Gasteiger partial charge in [-0.25, -0.2) is 0 Å². The van der Waals surface area contributed by atoms with Crippen molar-refractivity contribution in [3.63, 3.8) is 0 Å². The van der Waals surface area contributed by atoms with Crippen molar-refractivity contribution in [1.29, 1.82) is 0 Å². The first-order valence-corrected chi connectivity index (χ1v) is 7.36. The first-order valence-electron chi connectivity index (χ1n) is 7.36. The Kier molecular flexibility index (Phi) is 6.28. The topological polar surface area (TPSA) is 61.4 Å². The van der Waals surface area contributed by atoms with Crippen molar-refractivity contribution in [2.24, 2.45) is 5.41 Å². The van der Waals surface area contributed by atoms with E-state index in [2.05, 4.69) is 17.6 Å². The SMILES string of the molecule is CCN(CC)C(=O)CNC(=O)C1(CC)CCNCC1. The molecule has 5 nitrogen and oxygen atoms in total. The van der Waals surface area contributed by atoms with Crippen LogP contribution in [-0.2, 0) is 9.59 Å². The number of likely N-dealkylation sites (N-methyl/N-ethyl adjacent to an activating group) is 1. The molecule has 5 heteroatoms. The van der Waals surface area contributed by atoms with Gasteiger partial charge in [0.15, 0.2) is 0 Å². The molecule has 1 fully saturated rings. The maximum absolute atomic E-state index is 12.3. The highest BCUT2D eigenvalue weighted by Crippen LogP contribution is 2.32. The number of nitrogens with zero attached hydrogens (tertiary/aromatic N) is 1. The highest BCUT2D eigenvalue weighted by Gasteiger charge is 2.37. The number of amides is 2. The van der Waals surface area contributed by atoms with Gasteiger partial charge in [0.1, 0.15) is 0 Å². The number of piperidine rings is 1. The van der Waals surface area contributed by atoms with Gasteiger partial charge in [0.2, 0.25) is 11.8 Å². The van der Waals surface area contributed by atoms with Gasteiger partial charge in [-0.15, -0.1) is 0 Å². The van der Waals surface area contributed by atoms with E-state index in [0.717, 1.165) is 32.4 Å². The lowest BCUT2D eigenvalue weighted by Crippen LogP contribution is -2.49. The zero-order valence-electron chi connectivity index (χ0n) is 12.4. The average Bonchev–Trinajstić information content (AvgIpc) is 2.46. The minimum Gasteiger partial charge on any atom is -0.347 e. The monoisotopic (exact) mass is 269 g/mol.